The van der Waals surface area contributed by atoms with Gasteiger partial charge < -0.3 is 14.4 Å². The number of methoxy groups -OCH3 is 1. The van der Waals surface area contributed by atoms with Gasteiger partial charge in [0.05, 0.1) is 12.0 Å². The van der Waals surface area contributed by atoms with Crippen molar-refractivity contribution < 1.29 is 23.6 Å². The average molecular weight is 398 g/mol. The summed E-state index contributed by atoms with van der Waals surface area (Å²) >= 11 is 0. The minimum absolute atomic E-state index is 0.281. The van der Waals surface area contributed by atoms with Crippen molar-refractivity contribution >= 4 is 22.4 Å². The van der Waals surface area contributed by atoms with E-state index in [-0.39, 0.29) is 5.75 Å². The van der Waals surface area contributed by atoms with Crippen LogP contribution in [-0.4, -0.2) is 36.5 Å². The number of hydrogen-bond donors (Lipinski definition) is 0. The second-order valence-corrected chi connectivity index (χ2v) is 6.46. The molecule has 0 fully saturated rings. The van der Waals surface area contributed by atoms with Crippen LogP contribution in [0.15, 0.2) is 54.6 Å². The number of rotatable bonds is 7. The van der Waals surface area contributed by atoms with E-state index in [1.807, 2.05) is 36.4 Å². The zero-order chi connectivity index (χ0) is 21.0. The first-order valence-electron chi connectivity index (χ1n) is 8.75. The van der Waals surface area contributed by atoms with Crippen molar-refractivity contribution in [3.63, 3.8) is 0 Å². The molecule has 29 heavy (non-hydrogen) atoms. The number of hydrogen-bond acceptors (Lipinski definition) is 5. The molecule has 0 saturated heterocycles. The van der Waals surface area contributed by atoms with E-state index in [1.165, 1.54) is 4.90 Å². The Labute approximate surface area is 166 Å². The molecule has 0 heterocycles. The Morgan fingerprint density at radius 2 is 1.83 bits per heavy atom. The molecule has 8 heteroatoms. The van der Waals surface area contributed by atoms with Gasteiger partial charge in [-0.2, -0.15) is 0 Å². The molecule has 0 N–H and O–H groups in total. The summed E-state index contributed by atoms with van der Waals surface area (Å²) in [7, 11) is 3.21. The molecule has 0 bridgehead atoms. The number of benzene rings is 3. The summed E-state index contributed by atoms with van der Waals surface area (Å²) in [4.78, 5) is 24.1. The SMILES string of the molecule is COc1ccc2cc(CN(C)C(=O)COc3cc(F)ccc3[N+](=O)[O-])ccc2c1. The minimum Gasteiger partial charge on any atom is -0.497 e. The molecule has 3 aromatic rings. The van der Waals surface area contributed by atoms with Gasteiger partial charge >= 0.3 is 5.69 Å². The van der Waals surface area contributed by atoms with Crippen molar-refractivity contribution in [2.75, 3.05) is 20.8 Å². The first-order valence-corrected chi connectivity index (χ1v) is 8.75. The molecule has 0 atom stereocenters. The first kappa shape index (κ1) is 20.1. The third-order valence-electron chi connectivity index (χ3n) is 4.43. The van der Waals surface area contributed by atoms with Crippen molar-refractivity contribution in [1.82, 2.24) is 4.90 Å². The first-order chi connectivity index (χ1) is 13.9. The fraction of sp³-hybridized carbons (Fsp3) is 0.190. The molecule has 0 saturated carbocycles. The highest BCUT2D eigenvalue weighted by atomic mass is 19.1. The van der Waals surface area contributed by atoms with Crippen LogP contribution in [0.3, 0.4) is 0 Å². The molecule has 1 amide bonds. The minimum atomic E-state index is -0.687. The fourth-order valence-electron chi connectivity index (χ4n) is 2.86. The van der Waals surface area contributed by atoms with Crippen molar-refractivity contribution in [1.29, 1.82) is 0 Å². The zero-order valence-electron chi connectivity index (χ0n) is 15.9. The summed E-state index contributed by atoms with van der Waals surface area (Å²) in [5.41, 5.74) is 0.516. The summed E-state index contributed by atoms with van der Waals surface area (Å²) < 4.78 is 23.8. The number of fused-ring (bicyclic) bond motifs is 1. The molecule has 0 radical (unpaired) electrons. The van der Waals surface area contributed by atoms with E-state index < -0.39 is 28.9 Å². The molecular weight excluding hydrogens is 379 g/mol. The van der Waals surface area contributed by atoms with Gasteiger partial charge in [0.1, 0.15) is 11.6 Å². The van der Waals surface area contributed by atoms with Gasteiger partial charge in [-0.05, 0) is 40.6 Å². The number of carbonyl (C=O) groups excluding carboxylic acids is 1. The van der Waals surface area contributed by atoms with Crippen LogP contribution in [0.4, 0.5) is 10.1 Å². The Balaban J connectivity index is 1.66. The molecule has 3 rings (SSSR count). The van der Waals surface area contributed by atoms with E-state index in [4.69, 9.17) is 9.47 Å². The Bertz CT molecular complexity index is 1070. The smallest absolute Gasteiger partial charge is 0.311 e. The normalized spacial score (nSPS) is 10.6. The molecule has 3 aromatic carbocycles. The average Bonchev–Trinajstić information content (AvgIpc) is 2.71. The van der Waals surface area contributed by atoms with Gasteiger partial charge in [0, 0.05) is 25.7 Å². The summed E-state index contributed by atoms with van der Waals surface area (Å²) in [6.07, 6.45) is 0. The van der Waals surface area contributed by atoms with Gasteiger partial charge in [-0.25, -0.2) is 4.39 Å². The van der Waals surface area contributed by atoms with Crippen LogP contribution in [-0.2, 0) is 11.3 Å². The maximum atomic E-state index is 13.4. The van der Waals surface area contributed by atoms with E-state index in [9.17, 15) is 19.3 Å². The number of halogens is 1. The Morgan fingerprint density at radius 1 is 1.10 bits per heavy atom. The van der Waals surface area contributed by atoms with Crippen LogP contribution in [0.1, 0.15) is 5.56 Å². The molecule has 7 nitrogen and oxygen atoms in total. The molecule has 0 aromatic heterocycles. The van der Waals surface area contributed by atoms with E-state index >= 15 is 0 Å². The second kappa shape index (κ2) is 8.55. The van der Waals surface area contributed by atoms with Crippen molar-refractivity contribution in [2.24, 2.45) is 0 Å². The molecule has 0 aliphatic carbocycles. The van der Waals surface area contributed by atoms with Crippen LogP contribution in [0.2, 0.25) is 0 Å². The second-order valence-electron chi connectivity index (χ2n) is 6.46. The summed E-state index contributed by atoms with van der Waals surface area (Å²) in [6.45, 7) is -0.110. The lowest BCUT2D eigenvalue weighted by Gasteiger charge is -2.18. The lowest BCUT2D eigenvalue weighted by molar-refractivity contribution is -0.385. The third-order valence-corrected chi connectivity index (χ3v) is 4.43. The number of amides is 1. The molecule has 0 unspecified atom stereocenters. The quantitative estimate of drug-likeness (QED) is 0.445. The Morgan fingerprint density at radius 3 is 2.55 bits per heavy atom. The van der Waals surface area contributed by atoms with Gasteiger partial charge in [-0.3, -0.25) is 14.9 Å². The highest BCUT2D eigenvalue weighted by molar-refractivity contribution is 5.84. The summed E-state index contributed by atoms with van der Waals surface area (Å²) in [6, 6.07) is 14.4. The topological polar surface area (TPSA) is 81.9 Å². The summed E-state index contributed by atoms with van der Waals surface area (Å²) in [5.74, 6) is -0.588. The van der Waals surface area contributed by atoms with Crippen LogP contribution in [0, 0.1) is 15.9 Å². The number of nitro benzene ring substituents is 1. The number of likely N-dealkylation sites (N-methyl/N-ethyl adjacent to an activating group) is 1. The molecule has 0 aliphatic heterocycles. The predicted octanol–water partition coefficient (Wildman–Crippen LogP) is 3.93. The maximum Gasteiger partial charge on any atom is 0.311 e. The van der Waals surface area contributed by atoms with Gasteiger partial charge in [0.25, 0.3) is 5.91 Å². The van der Waals surface area contributed by atoms with Crippen LogP contribution in [0.5, 0.6) is 11.5 Å². The van der Waals surface area contributed by atoms with Gasteiger partial charge in [0.2, 0.25) is 5.75 Å². The Kier molecular flexibility index (Phi) is 5.92. The van der Waals surface area contributed by atoms with E-state index in [2.05, 4.69) is 0 Å². The van der Waals surface area contributed by atoms with Gasteiger partial charge in [0.15, 0.2) is 6.61 Å². The highest BCUT2D eigenvalue weighted by Gasteiger charge is 2.18. The number of carbonyl (C=O) groups is 1. The number of ether oxygens (including phenoxy) is 2. The Hall–Kier alpha value is -3.68. The van der Waals surface area contributed by atoms with E-state index in [0.29, 0.717) is 6.54 Å². The van der Waals surface area contributed by atoms with E-state index in [0.717, 1.165) is 40.3 Å². The van der Waals surface area contributed by atoms with Gasteiger partial charge in [-0.15, -0.1) is 0 Å². The van der Waals surface area contributed by atoms with Crippen LogP contribution < -0.4 is 9.47 Å². The maximum absolute atomic E-state index is 13.4. The van der Waals surface area contributed by atoms with Crippen molar-refractivity contribution in [3.05, 3.63) is 76.1 Å². The summed E-state index contributed by atoms with van der Waals surface area (Å²) in [5, 5.41) is 13.0. The van der Waals surface area contributed by atoms with Gasteiger partial charge in [-0.1, -0.05) is 18.2 Å². The zero-order valence-corrected chi connectivity index (χ0v) is 15.9. The van der Waals surface area contributed by atoms with E-state index in [1.54, 1.807) is 14.2 Å². The monoisotopic (exact) mass is 398 g/mol. The van der Waals surface area contributed by atoms with Crippen LogP contribution in [0.25, 0.3) is 10.8 Å². The standard InChI is InChI=1S/C21H19FN2O5/c1-23(12-14-3-4-16-10-18(28-2)7-5-15(16)9-14)21(25)13-29-20-11-17(22)6-8-19(20)24(26)27/h3-11H,12-13H2,1-2H3. The molecule has 150 valence electrons. The lowest BCUT2D eigenvalue weighted by Crippen LogP contribution is -2.31. The number of nitrogens with zero attached hydrogens (tertiary/aromatic N) is 2. The van der Waals surface area contributed by atoms with Crippen molar-refractivity contribution in [3.8, 4) is 11.5 Å². The van der Waals surface area contributed by atoms with Crippen LogP contribution >= 0.6 is 0 Å². The highest BCUT2D eigenvalue weighted by Crippen LogP contribution is 2.27. The number of nitro groups is 1. The molecule has 0 spiro atoms. The lowest BCUT2D eigenvalue weighted by atomic mass is 10.1. The molecule has 0 aliphatic rings. The fourth-order valence-corrected chi connectivity index (χ4v) is 2.86. The van der Waals surface area contributed by atoms with Crippen molar-refractivity contribution in [2.45, 2.75) is 6.54 Å². The third kappa shape index (κ3) is 4.78. The molecular formula is C21H19FN2O5. The largest absolute Gasteiger partial charge is 0.497 e. The predicted molar refractivity (Wildman–Crippen MR) is 106 cm³/mol.